The molecule has 0 bridgehead atoms. The maximum absolute atomic E-state index is 13.4. The first-order valence-corrected chi connectivity index (χ1v) is 11.4. The molecule has 0 aliphatic carbocycles. The number of hydrogen-bond acceptors (Lipinski definition) is 5. The molecule has 0 spiro atoms. The van der Waals surface area contributed by atoms with Gasteiger partial charge in [-0.3, -0.25) is 9.10 Å². The van der Waals surface area contributed by atoms with Gasteiger partial charge in [0.2, 0.25) is 5.78 Å². The molecule has 0 radical (unpaired) electrons. The van der Waals surface area contributed by atoms with Crippen LogP contribution in [0.4, 0.5) is 11.4 Å². The number of rotatable bonds is 4. The summed E-state index contributed by atoms with van der Waals surface area (Å²) >= 11 is 1.26. The van der Waals surface area contributed by atoms with Gasteiger partial charge in [-0.05, 0) is 48.1 Å². The Hall–Kier alpha value is -2.90. The predicted molar refractivity (Wildman–Crippen MR) is 118 cm³/mol. The lowest BCUT2D eigenvalue weighted by atomic mass is 10.1. The second kappa shape index (κ2) is 7.50. The highest BCUT2D eigenvalue weighted by Gasteiger charge is 2.41. The van der Waals surface area contributed by atoms with Crippen LogP contribution in [0.1, 0.15) is 26.4 Å². The van der Waals surface area contributed by atoms with Crippen LogP contribution in [-0.4, -0.2) is 14.2 Å². The number of benzene rings is 2. The zero-order valence-corrected chi connectivity index (χ0v) is 17.7. The van der Waals surface area contributed by atoms with Crippen LogP contribution in [0.3, 0.4) is 0 Å². The lowest BCUT2D eigenvalue weighted by molar-refractivity contribution is 0.104. The Morgan fingerprint density at radius 1 is 1.07 bits per heavy atom. The van der Waals surface area contributed by atoms with E-state index in [0.717, 1.165) is 22.4 Å². The van der Waals surface area contributed by atoms with Gasteiger partial charge in [0, 0.05) is 11.9 Å². The Morgan fingerprint density at radius 3 is 2.59 bits per heavy atom. The molecule has 148 valence electrons. The summed E-state index contributed by atoms with van der Waals surface area (Å²) in [4.78, 5) is 13.1. The molecule has 3 aromatic rings. The Labute approximate surface area is 174 Å². The standard InChI is InChI=1S/C22H20N2O3S2/c1-15-8-9-16(2)18(12-15)23-13-20-21(25)22-19(10-11-28-22)24(29(20,26)27)14-17-6-4-3-5-7-17/h3-13,23H,14H2,1-2H3. The van der Waals surface area contributed by atoms with Crippen molar-refractivity contribution in [2.24, 2.45) is 0 Å². The van der Waals surface area contributed by atoms with Gasteiger partial charge in [0.15, 0.2) is 4.91 Å². The average Bonchev–Trinajstić information content (AvgIpc) is 3.18. The number of thiophene rings is 1. The van der Waals surface area contributed by atoms with Crippen LogP contribution in [0.2, 0.25) is 0 Å². The van der Waals surface area contributed by atoms with Gasteiger partial charge in [0.05, 0.1) is 12.2 Å². The van der Waals surface area contributed by atoms with Crippen LogP contribution in [0.25, 0.3) is 0 Å². The minimum Gasteiger partial charge on any atom is -0.360 e. The molecule has 4 rings (SSSR count). The number of aryl methyl sites for hydroxylation is 2. The van der Waals surface area contributed by atoms with E-state index in [-0.39, 0.29) is 11.4 Å². The monoisotopic (exact) mass is 424 g/mol. The van der Waals surface area contributed by atoms with Crippen LogP contribution in [0, 0.1) is 13.8 Å². The molecule has 2 heterocycles. The average molecular weight is 425 g/mol. The van der Waals surface area contributed by atoms with E-state index in [4.69, 9.17) is 0 Å². The number of Topliss-reactive ketones (excluding diaryl/α,β-unsaturated/α-hetero) is 1. The fourth-order valence-electron chi connectivity index (χ4n) is 3.24. The lowest BCUT2D eigenvalue weighted by Gasteiger charge is -2.29. The number of allylic oxidation sites excluding steroid dienone is 1. The van der Waals surface area contributed by atoms with Crippen molar-refractivity contribution in [3.05, 3.63) is 92.6 Å². The largest absolute Gasteiger partial charge is 0.360 e. The summed E-state index contributed by atoms with van der Waals surface area (Å²) in [5, 5.41) is 4.78. The second-order valence-corrected chi connectivity index (χ2v) is 9.68. The quantitative estimate of drug-likeness (QED) is 0.608. The van der Waals surface area contributed by atoms with Crippen LogP contribution in [0.5, 0.6) is 0 Å². The third kappa shape index (κ3) is 3.59. The molecule has 0 fully saturated rings. The fourth-order valence-corrected chi connectivity index (χ4v) is 5.72. The van der Waals surface area contributed by atoms with E-state index in [2.05, 4.69) is 5.32 Å². The molecule has 0 unspecified atom stereocenters. The van der Waals surface area contributed by atoms with Crippen molar-refractivity contribution in [3.63, 3.8) is 0 Å². The number of sulfonamides is 1. The first kappa shape index (κ1) is 19.4. The molecular formula is C22H20N2O3S2. The predicted octanol–water partition coefficient (Wildman–Crippen LogP) is 4.85. The number of nitrogens with zero attached hydrogens (tertiary/aromatic N) is 1. The van der Waals surface area contributed by atoms with E-state index < -0.39 is 15.8 Å². The number of hydrogen-bond donors (Lipinski definition) is 1. The summed E-state index contributed by atoms with van der Waals surface area (Å²) < 4.78 is 28.0. The van der Waals surface area contributed by atoms with Crippen molar-refractivity contribution in [2.75, 3.05) is 9.62 Å². The SMILES string of the molecule is Cc1ccc(C)c(NC=C2C(=O)c3sccc3N(Cc3ccccc3)S2(=O)=O)c1. The van der Waals surface area contributed by atoms with Crippen molar-refractivity contribution in [2.45, 2.75) is 20.4 Å². The first-order chi connectivity index (χ1) is 13.9. The topological polar surface area (TPSA) is 66.5 Å². The number of carbonyl (C=O) groups excluding carboxylic acids is 1. The Balaban J connectivity index is 1.77. The minimum atomic E-state index is -4.00. The summed E-state index contributed by atoms with van der Waals surface area (Å²) in [7, 11) is -4.00. The fraction of sp³-hybridized carbons (Fsp3) is 0.136. The van der Waals surface area contributed by atoms with Gasteiger partial charge in [-0.2, -0.15) is 0 Å². The van der Waals surface area contributed by atoms with Gasteiger partial charge >= 0.3 is 0 Å². The Kier molecular flexibility index (Phi) is 5.02. The summed E-state index contributed by atoms with van der Waals surface area (Å²) in [5.41, 5.74) is 4.07. The third-order valence-electron chi connectivity index (χ3n) is 4.83. The van der Waals surface area contributed by atoms with Gasteiger partial charge in [-0.15, -0.1) is 11.3 Å². The van der Waals surface area contributed by atoms with Crippen molar-refractivity contribution < 1.29 is 13.2 Å². The molecule has 0 saturated carbocycles. The van der Waals surface area contributed by atoms with Crippen molar-refractivity contribution in [1.82, 2.24) is 0 Å². The third-order valence-corrected chi connectivity index (χ3v) is 7.50. The lowest BCUT2D eigenvalue weighted by Crippen LogP contribution is -2.38. The summed E-state index contributed by atoms with van der Waals surface area (Å²) in [6, 6.07) is 16.9. The molecule has 0 saturated heterocycles. The molecular weight excluding hydrogens is 404 g/mol. The summed E-state index contributed by atoms with van der Waals surface area (Å²) in [5.74, 6) is -0.475. The van der Waals surface area contributed by atoms with Crippen LogP contribution in [0.15, 0.2) is 71.1 Å². The molecule has 5 nitrogen and oxygen atoms in total. The van der Waals surface area contributed by atoms with E-state index in [1.54, 1.807) is 11.4 Å². The van der Waals surface area contributed by atoms with E-state index >= 15 is 0 Å². The number of ketones is 1. The molecule has 29 heavy (non-hydrogen) atoms. The van der Waals surface area contributed by atoms with Crippen LogP contribution in [-0.2, 0) is 16.6 Å². The maximum atomic E-state index is 13.4. The zero-order valence-electron chi connectivity index (χ0n) is 16.0. The normalized spacial score (nSPS) is 16.7. The molecule has 1 aliphatic rings. The molecule has 0 amide bonds. The van der Waals surface area contributed by atoms with Crippen molar-refractivity contribution in [1.29, 1.82) is 0 Å². The van der Waals surface area contributed by atoms with Crippen LogP contribution >= 0.6 is 11.3 Å². The van der Waals surface area contributed by atoms with Gasteiger partial charge in [-0.25, -0.2) is 8.42 Å². The summed E-state index contributed by atoms with van der Waals surface area (Å²) in [6.45, 7) is 4.05. The second-order valence-electron chi connectivity index (χ2n) is 6.93. The first-order valence-electron chi connectivity index (χ1n) is 9.11. The summed E-state index contributed by atoms with van der Waals surface area (Å²) in [6.07, 6.45) is 1.32. The molecule has 0 atom stereocenters. The van der Waals surface area contributed by atoms with E-state index in [0.29, 0.717) is 10.6 Å². The van der Waals surface area contributed by atoms with Crippen molar-refractivity contribution >= 4 is 38.5 Å². The number of anilines is 2. The smallest absolute Gasteiger partial charge is 0.270 e. The van der Waals surface area contributed by atoms with Crippen LogP contribution < -0.4 is 9.62 Å². The molecule has 1 N–H and O–H groups in total. The molecule has 1 aliphatic heterocycles. The van der Waals surface area contributed by atoms with E-state index in [9.17, 15) is 13.2 Å². The highest BCUT2D eigenvalue weighted by atomic mass is 32.2. The van der Waals surface area contributed by atoms with Gasteiger partial charge in [0.25, 0.3) is 10.0 Å². The highest BCUT2D eigenvalue weighted by molar-refractivity contribution is 7.97. The molecule has 1 aromatic heterocycles. The highest BCUT2D eigenvalue weighted by Crippen LogP contribution is 2.39. The zero-order chi connectivity index (χ0) is 20.6. The van der Waals surface area contributed by atoms with Gasteiger partial charge < -0.3 is 5.32 Å². The number of carbonyl (C=O) groups is 1. The number of fused-ring (bicyclic) bond motifs is 1. The van der Waals surface area contributed by atoms with Crippen molar-refractivity contribution in [3.8, 4) is 0 Å². The minimum absolute atomic E-state index is 0.168. The van der Waals surface area contributed by atoms with Gasteiger partial charge in [-0.1, -0.05) is 42.5 Å². The Bertz CT molecular complexity index is 1210. The van der Waals surface area contributed by atoms with E-state index in [1.807, 2.05) is 62.4 Å². The van der Waals surface area contributed by atoms with Gasteiger partial charge in [0.1, 0.15) is 4.88 Å². The van der Waals surface area contributed by atoms with E-state index in [1.165, 1.54) is 21.8 Å². The Morgan fingerprint density at radius 2 is 1.83 bits per heavy atom. The maximum Gasteiger partial charge on any atom is 0.270 e. The molecule has 7 heteroatoms. The molecule has 2 aromatic carbocycles. The number of nitrogens with one attached hydrogen (secondary N) is 1.